The smallest absolute Gasteiger partial charge is 0.258 e. The molecule has 0 aliphatic carbocycles. The zero-order chi connectivity index (χ0) is 12.5. The first kappa shape index (κ1) is 12.1. The van der Waals surface area contributed by atoms with Crippen LogP contribution in [0.15, 0.2) is 17.0 Å². The summed E-state index contributed by atoms with van der Waals surface area (Å²) < 4.78 is 22.3. The highest BCUT2D eigenvalue weighted by Gasteiger charge is 2.24. The topological polar surface area (TPSA) is 127 Å². The van der Waals surface area contributed by atoms with Crippen molar-refractivity contribution in [2.24, 2.45) is 5.14 Å². The zero-order valence-corrected chi connectivity index (χ0v) is 8.98. The Hall–Kier alpha value is -1.98. The number of sulfonamides is 1. The molecule has 8 heteroatoms. The van der Waals surface area contributed by atoms with Gasteiger partial charge in [0, 0.05) is 6.07 Å². The number of hydrogen-bond acceptors (Lipinski definition) is 5. The largest absolute Gasteiger partial charge is 0.288 e. The maximum atomic E-state index is 11.1. The second kappa shape index (κ2) is 3.88. The van der Waals surface area contributed by atoms with Crippen LogP contribution in [0.3, 0.4) is 0 Å². The first-order valence-electron chi connectivity index (χ1n) is 3.99. The third kappa shape index (κ3) is 2.16. The highest BCUT2D eigenvalue weighted by molar-refractivity contribution is 7.89. The molecule has 0 bridgehead atoms. The van der Waals surface area contributed by atoms with E-state index < -0.39 is 31.1 Å². The number of rotatable bonds is 2. The minimum atomic E-state index is -4.15. The fourth-order valence-electron chi connectivity index (χ4n) is 1.22. The molecule has 0 heterocycles. The molecular formula is C8H7N3O4S. The van der Waals surface area contributed by atoms with Crippen molar-refractivity contribution in [2.45, 2.75) is 11.8 Å². The van der Waals surface area contributed by atoms with Gasteiger partial charge in [-0.1, -0.05) is 0 Å². The summed E-state index contributed by atoms with van der Waals surface area (Å²) in [6.07, 6.45) is 0. The Kier molecular flexibility index (Phi) is 2.93. The van der Waals surface area contributed by atoms with Gasteiger partial charge in [-0.3, -0.25) is 10.1 Å². The average molecular weight is 241 g/mol. The number of nitrogens with two attached hydrogens (primary N) is 1. The second-order valence-electron chi connectivity index (χ2n) is 3.07. The van der Waals surface area contributed by atoms with Crippen LogP contribution < -0.4 is 5.14 Å². The van der Waals surface area contributed by atoms with Gasteiger partial charge in [0.1, 0.15) is 16.5 Å². The van der Waals surface area contributed by atoms with Crippen molar-refractivity contribution in [1.29, 1.82) is 5.26 Å². The Morgan fingerprint density at radius 3 is 2.44 bits per heavy atom. The van der Waals surface area contributed by atoms with Gasteiger partial charge in [-0.15, -0.1) is 0 Å². The molecule has 0 radical (unpaired) electrons. The van der Waals surface area contributed by atoms with Gasteiger partial charge in [0.05, 0.1) is 4.92 Å². The van der Waals surface area contributed by atoms with Crippen LogP contribution in [0.25, 0.3) is 0 Å². The van der Waals surface area contributed by atoms with Gasteiger partial charge in [0.15, 0.2) is 0 Å². The van der Waals surface area contributed by atoms with Crippen molar-refractivity contribution in [2.75, 3.05) is 0 Å². The summed E-state index contributed by atoms with van der Waals surface area (Å²) in [4.78, 5) is 9.29. The fraction of sp³-hybridized carbons (Fsp3) is 0.125. The van der Waals surface area contributed by atoms with Gasteiger partial charge in [-0.2, -0.15) is 5.26 Å². The van der Waals surface area contributed by atoms with E-state index >= 15 is 0 Å². The van der Waals surface area contributed by atoms with E-state index in [9.17, 15) is 18.5 Å². The molecule has 1 rings (SSSR count). The van der Waals surface area contributed by atoms with Crippen LogP contribution in [0, 0.1) is 28.4 Å². The van der Waals surface area contributed by atoms with E-state index in [1.165, 1.54) is 13.0 Å². The molecular weight excluding hydrogens is 234 g/mol. The van der Waals surface area contributed by atoms with Crippen molar-refractivity contribution in [3.05, 3.63) is 33.4 Å². The summed E-state index contributed by atoms with van der Waals surface area (Å²) >= 11 is 0. The lowest BCUT2D eigenvalue weighted by molar-refractivity contribution is -0.385. The maximum Gasteiger partial charge on any atom is 0.288 e. The number of nitrogens with zero attached hydrogens (tertiary/aromatic N) is 2. The van der Waals surface area contributed by atoms with Gasteiger partial charge in [0.25, 0.3) is 5.69 Å². The predicted molar refractivity (Wildman–Crippen MR) is 53.9 cm³/mol. The van der Waals surface area contributed by atoms with Crippen LogP contribution in [-0.2, 0) is 10.0 Å². The zero-order valence-electron chi connectivity index (χ0n) is 8.17. The molecule has 7 nitrogen and oxygen atoms in total. The molecule has 0 spiro atoms. The lowest BCUT2D eigenvalue weighted by atomic mass is 10.1. The Labute approximate surface area is 91.3 Å². The average Bonchev–Trinajstić information content (AvgIpc) is 2.14. The molecule has 0 saturated heterocycles. The fourth-order valence-corrected chi connectivity index (χ4v) is 2.00. The molecule has 0 aromatic heterocycles. The van der Waals surface area contributed by atoms with Crippen molar-refractivity contribution in [3.8, 4) is 6.07 Å². The first-order chi connectivity index (χ1) is 7.27. The minimum absolute atomic E-state index is 0.342. The number of hydrogen-bond donors (Lipinski definition) is 1. The van der Waals surface area contributed by atoms with E-state index in [1.54, 1.807) is 0 Å². The number of nitro benzene ring substituents is 1. The summed E-state index contributed by atoms with van der Waals surface area (Å²) in [5.41, 5.74) is -0.764. The van der Waals surface area contributed by atoms with E-state index in [4.69, 9.17) is 10.4 Å². The Morgan fingerprint density at radius 2 is 2.06 bits per heavy atom. The molecule has 1 aromatic rings. The van der Waals surface area contributed by atoms with Crippen LogP contribution in [0.1, 0.15) is 11.1 Å². The number of primary sulfonamides is 1. The van der Waals surface area contributed by atoms with Gasteiger partial charge in [-0.05, 0) is 18.6 Å². The SMILES string of the molecule is Cc1cc([N+](=O)[O-])c(C#N)c(S(N)(=O)=O)c1. The predicted octanol–water partition coefficient (Wildman–Crippen LogP) is 0.422. The van der Waals surface area contributed by atoms with E-state index in [-0.39, 0.29) is 0 Å². The van der Waals surface area contributed by atoms with E-state index in [0.717, 1.165) is 12.1 Å². The molecule has 0 fully saturated rings. The van der Waals surface area contributed by atoms with Gasteiger partial charge in [0.2, 0.25) is 10.0 Å². The lowest BCUT2D eigenvalue weighted by Crippen LogP contribution is -2.15. The van der Waals surface area contributed by atoms with Crippen LogP contribution in [-0.4, -0.2) is 13.3 Å². The molecule has 0 unspecified atom stereocenters. The molecule has 2 N–H and O–H groups in total. The van der Waals surface area contributed by atoms with E-state index in [0.29, 0.717) is 5.56 Å². The normalized spacial score (nSPS) is 10.8. The Morgan fingerprint density at radius 1 is 1.50 bits per heavy atom. The van der Waals surface area contributed by atoms with Crippen molar-refractivity contribution in [3.63, 3.8) is 0 Å². The van der Waals surface area contributed by atoms with Gasteiger partial charge in [-0.25, -0.2) is 13.6 Å². The first-order valence-corrected chi connectivity index (χ1v) is 5.54. The molecule has 84 valence electrons. The molecule has 16 heavy (non-hydrogen) atoms. The highest BCUT2D eigenvalue weighted by atomic mass is 32.2. The van der Waals surface area contributed by atoms with Gasteiger partial charge < -0.3 is 0 Å². The van der Waals surface area contributed by atoms with Gasteiger partial charge >= 0.3 is 0 Å². The molecule has 1 aromatic carbocycles. The summed E-state index contributed by atoms with van der Waals surface area (Å²) in [7, 11) is -4.15. The number of aryl methyl sites for hydroxylation is 1. The third-order valence-electron chi connectivity index (χ3n) is 1.84. The van der Waals surface area contributed by atoms with Crippen molar-refractivity contribution < 1.29 is 13.3 Å². The van der Waals surface area contributed by atoms with Crippen LogP contribution in [0.4, 0.5) is 5.69 Å². The Balaban J connectivity index is 3.78. The standard InChI is InChI=1S/C8H7N3O4S/c1-5-2-7(11(12)13)6(4-9)8(3-5)16(10,14)15/h2-3H,1H3,(H2,10,14,15). The third-order valence-corrected chi connectivity index (χ3v) is 2.78. The molecule has 0 aliphatic rings. The number of nitriles is 1. The van der Waals surface area contributed by atoms with E-state index in [2.05, 4.69) is 0 Å². The quantitative estimate of drug-likeness (QED) is 0.592. The molecule has 0 saturated carbocycles. The maximum absolute atomic E-state index is 11.1. The van der Waals surface area contributed by atoms with E-state index in [1.807, 2.05) is 0 Å². The number of benzene rings is 1. The lowest BCUT2D eigenvalue weighted by Gasteiger charge is -2.03. The summed E-state index contributed by atoms with van der Waals surface area (Å²) in [5, 5.41) is 24.2. The van der Waals surface area contributed by atoms with Crippen molar-refractivity contribution >= 4 is 15.7 Å². The monoisotopic (exact) mass is 241 g/mol. The summed E-state index contributed by atoms with van der Waals surface area (Å²) in [5.74, 6) is 0. The molecule has 0 amide bonds. The molecule has 0 atom stereocenters. The summed E-state index contributed by atoms with van der Waals surface area (Å²) in [6, 6.07) is 3.72. The number of nitro groups is 1. The second-order valence-corrected chi connectivity index (χ2v) is 4.60. The van der Waals surface area contributed by atoms with Crippen molar-refractivity contribution in [1.82, 2.24) is 0 Å². The van der Waals surface area contributed by atoms with Crippen LogP contribution >= 0.6 is 0 Å². The van der Waals surface area contributed by atoms with Crippen LogP contribution in [0.5, 0.6) is 0 Å². The molecule has 0 aliphatic heterocycles. The minimum Gasteiger partial charge on any atom is -0.258 e. The summed E-state index contributed by atoms with van der Waals surface area (Å²) in [6.45, 7) is 1.48. The highest BCUT2D eigenvalue weighted by Crippen LogP contribution is 2.26. The van der Waals surface area contributed by atoms with Crippen LogP contribution in [0.2, 0.25) is 0 Å². The Bertz CT molecular complexity index is 600.